The molecule has 2 heterocycles. The van der Waals surface area contributed by atoms with Crippen molar-refractivity contribution in [3.05, 3.63) is 13.8 Å². The number of anilines is 1. The minimum atomic E-state index is -1.00. The number of halogens is 1. The zero-order valence-electron chi connectivity index (χ0n) is 14.1. The van der Waals surface area contributed by atoms with Gasteiger partial charge in [0.05, 0.1) is 27.8 Å². The van der Waals surface area contributed by atoms with Crippen molar-refractivity contribution in [2.24, 2.45) is 11.8 Å². The van der Waals surface area contributed by atoms with E-state index in [2.05, 4.69) is 29.5 Å². The van der Waals surface area contributed by atoms with Gasteiger partial charge in [0.15, 0.2) is 0 Å². The number of aromatic carboxylic acids is 1. The Morgan fingerprint density at radius 2 is 1.88 bits per heavy atom. The number of carbonyl (C=O) groups excluding carboxylic acids is 1. The number of thiophene rings is 1. The number of carboxylic acid groups (broad SMARTS) is 1. The van der Waals surface area contributed by atoms with Crippen molar-refractivity contribution in [3.63, 3.8) is 0 Å². The van der Waals surface area contributed by atoms with Gasteiger partial charge in [-0.15, -0.1) is 11.3 Å². The van der Waals surface area contributed by atoms with Gasteiger partial charge < -0.3 is 19.5 Å². The summed E-state index contributed by atoms with van der Waals surface area (Å²) in [5, 5.41) is 9.56. The van der Waals surface area contributed by atoms with Crippen LogP contribution in [-0.4, -0.2) is 43.0 Å². The molecule has 0 bridgehead atoms. The number of carboxylic acids is 1. The van der Waals surface area contributed by atoms with Gasteiger partial charge >= 0.3 is 5.97 Å². The van der Waals surface area contributed by atoms with E-state index in [4.69, 9.17) is 9.47 Å². The molecule has 0 aromatic carbocycles. The van der Waals surface area contributed by atoms with Crippen LogP contribution in [0.2, 0.25) is 0 Å². The topological polar surface area (TPSA) is 76.1 Å². The molecule has 1 aromatic rings. The molecule has 1 aliphatic heterocycles. The molecule has 3 rings (SSSR count). The van der Waals surface area contributed by atoms with Crippen LogP contribution in [0.15, 0.2) is 6.07 Å². The van der Waals surface area contributed by atoms with Gasteiger partial charge in [-0.3, -0.25) is 4.79 Å². The van der Waals surface area contributed by atoms with Crippen LogP contribution in [0.25, 0.3) is 0 Å². The monoisotopic (exact) mass is 479 g/mol. The number of nitrogens with zero attached hydrogens (tertiary/aromatic N) is 1. The lowest BCUT2D eigenvalue weighted by molar-refractivity contribution is -0.131. The zero-order valence-corrected chi connectivity index (χ0v) is 17.0. The number of hydrogen-bond acceptors (Lipinski definition) is 5. The SMILES string of the molecule is CC1CCC(C(=O)N(c2cc(I)sc2C(=O)O)C2COCOC2)CC1. The maximum Gasteiger partial charge on any atom is 0.348 e. The molecule has 0 unspecified atom stereocenters. The summed E-state index contributed by atoms with van der Waals surface area (Å²) in [7, 11) is 0. The molecule has 2 aliphatic rings. The fourth-order valence-electron chi connectivity index (χ4n) is 3.51. The standard InChI is InChI=1S/C17H22INO5S/c1-10-2-4-11(5-3-10)16(20)19(12-7-23-9-24-8-12)13-6-14(18)25-15(13)17(21)22/h6,10-12H,2-5,7-9H2,1H3,(H,21,22). The first-order chi connectivity index (χ1) is 12.0. The Morgan fingerprint density at radius 3 is 2.48 bits per heavy atom. The van der Waals surface area contributed by atoms with Crippen LogP contribution in [0.4, 0.5) is 5.69 Å². The number of carbonyl (C=O) groups is 2. The minimum absolute atomic E-state index is 0.00250. The Kier molecular flexibility index (Phi) is 6.35. The molecule has 6 nitrogen and oxygen atoms in total. The Labute approximate surface area is 164 Å². The summed E-state index contributed by atoms with van der Waals surface area (Å²) < 4.78 is 11.6. The Morgan fingerprint density at radius 1 is 1.24 bits per heavy atom. The van der Waals surface area contributed by atoms with Gasteiger partial charge in [0, 0.05) is 5.92 Å². The summed E-state index contributed by atoms with van der Waals surface area (Å²) in [4.78, 5) is 26.8. The fourth-order valence-corrected chi connectivity index (χ4v) is 5.18. The molecule has 0 radical (unpaired) electrons. The highest BCUT2D eigenvalue weighted by molar-refractivity contribution is 14.1. The smallest absolute Gasteiger partial charge is 0.348 e. The molecule has 8 heteroatoms. The third kappa shape index (κ3) is 4.35. The molecular weight excluding hydrogens is 457 g/mol. The highest BCUT2D eigenvalue weighted by Gasteiger charge is 2.36. The zero-order chi connectivity index (χ0) is 18.0. The second-order valence-electron chi connectivity index (χ2n) is 6.75. The van der Waals surface area contributed by atoms with Crippen molar-refractivity contribution in [1.82, 2.24) is 0 Å². The first-order valence-electron chi connectivity index (χ1n) is 8.48. The van der Waals surface area contributed by atoms with Crippen molar-refractivity contribution in [2.45, 2.75) is 38.6 Å². The molecule has 1 aliphatic carbocycles. The maximum atomic E-state index is 13.3. The van der Waals surface area contributed by atoms with Crippen LogP contribution in [0.1, 0.15) is 42.3 Å². The second kappa shape index (κ2) is 8.32. The van der Waals surface area contributed by atoms with Crippen LogP contribution in [0, 0.1) is 14.7 Å². The van der Waals surface area contributed by atoms with E-state index in [9.17, 15) is 14.7 Å². The molecule has 25 heavy (non-hydrogen) atoms. The van der Waals surface area contributed by atoms with E-state index in [1.165, 1.54) is 11.3 Å². The third-order valence-corrected chi connectivity index (χ3v) is 6.76. The van der Waals surface area contributed by atoms with Crippen LogP contribution in [0.5, 0.6) is 0 Å². The van der Waals surface area contributed by atoms with Crippen LogP contribution < -0.4 is 4.90 Å². The highest BCUT2D eigenvalue weighted by atomic mass is 127. The first-order valence-corrected chi connectivity index (χ1v) is 10.4. The minimum Gasteiger partial charge on any atom is -0.477 e. The molecule has 1 aromatic heterocycles. The molecule has 0 spiro atoms. The predicted molar refractivity (Wildman–Crippen MR) is 103 cm³/mol. The van der Waals surface area contributed by atoms with Gasteiger partial charge in [0.25, 0.3) is 0 Å². The number of ether oxygens (including phenoxy) is 2. The molecule has 0 atom stereocenters. The van der Waals surface area contributed by atoms with E-state index in [-0.39, 0.29) is 29.5 Å². The summed E-state index contributed by atoms with van der Waals surface area (Å²) in [6.07, 6.45) is 3.78. The Balaban J connectivity index is 1.92. The first kappa shape index (κ1) is 19.1. The van der Waals surface area contributed by atoms with Gasteiger partial charge in [-0.1, -0.05) is 6.92 Å². The maximum absolute atomic E-state index is 13.3. The third-order valence-electron chi connectivity index (χ3n) is 4.89. The van der Waals surface area contributed by atoms with Gasteiger partial charge in [-0.25, -0.2) is 4.79 Å². The van der Waals surface area contributed by atoms with Crippen molar-refractivity contribution in [3.8, 4) is 0 Å². The van der Waals surface area contributed by atoms with Crippen molar-refractivity contribution >= 4 is 51.5 Å². The normalized spacial score (nSPS) is 24.9. The summed E-state index contributed by atoms with van der Waals surface area (Å²) in [5.41, 5.74) is 0.477. The lowest BCUT2D eigenvalue weighted by Gasteiger charge is -2.37. The lowest BCUT2D eigenvalue weighted by Crippen LogP contribution is -2.51. The van der Waals surface area contributed by atoms with Gasteiger partial charge in [0.2, 0.25) is 5.91 Å². The summed E-state index contributed by atoms with van der Waals surface area (Å²) in [5.74, 6) is -0.411. The van der Waals surface area contributed by atoms with Crippen molar-refractivity contribution < 1.29 is 24.2 Å². The Hall–Kier alpha value is -0.710. The van der Waals surface area contributed by atoms with E-state index in [1.54, 1.807) is 11.0 Å². The largest absolute Gasteiger partial charge is 0.477 e. The van der Waals surface area contributed by atoms with Crippen molar-refractivity contribution in [1.29, 1.82) is 0 Å². The molecule has 1 N–H and O–H groups in total. The molecule has 1 amide bonds. The van der Waals surface area contributed by atoms with Gasteiger partial charge in [0.1, 0.15) is 11.7 Å². The highest BCUT2D eigenvalue weighted by Crippen LogP contribution is 2.37. The van der Waals surface area contributed by atoms with Crippen molar-refractivity contribution in [2.75, 3.05) is 24.9 Å². The summed E-state index contributed by atoms with van der Waals surface area (Å²) in [6.45, 7) is 3.15. The molecule has 1 saturated carbocycles. The van der Waals surface area contributed by atoms with E-state index in [0.717, 1.165) is 28.6 Å². The average molecular weight is 479 g/mol. The second-order valence-corrected chi connectivity index (χ2v) is 9.69. The predicted octanol–water partition coefficient (Wildman–Crippen LogP) is 3.58. The summed E-state index contributed by atoms with van der Waals surface area (Å²) in [6, 6.07) is 1.50. The van der Waals surface area contributed by atoms with E-state index < -0.39 is 5.97 Å². The van der Waals surface area contributed by atoms with E-state index in [0.29, 0.717) is 24.8 Å². The van der Waals surface area contributed by atoms with Gasteiger partial charge in [-0.05, 0) is 60.3 Å². The molecule has 1 saturated heterocycles. The number of hydrogen-bond donors (Lipinski definition) is 1. The quantitative estimate of drug-likeness (QED) is 0.669. The van der Waals surface area contributed by atoms with E-state index >= 15 is 0 Å². The molecular formula is C17H22INO5S. The Bertz CT molecular complexity index is 635. The number of amides is 1. The lowest BCUT2D eigenvalue weighted by atomic mass is 9.82. The summed E-state index contributed by atoms with van der Waals surface area (Å²) >= 11 is 3.29. The van der Waals surface area contributed by atoms with Crippen LogP contribution in [0.3, 0.4) is 0 Å². The number of rotatable bonds is 4. The molecule has 2 fully saturated rings. The average Bonchev–Trinajstić information content (AvgIpc) is 2.98. The van der Waals surface area contributed by atoms with Crippen LogP contribution in [-0.2, 0) is 14.3 Å². The van der Waals surface area contributed by atoms with Gasteiger partial charge in [-0.2, -0.15) is 0 Å². The fraction of sp³-hybridized carbons (Fsp3) is 0.647. The van der Waals surface area contributed by atoms with E-state index in [1.807, 2.05) is 0 Å². The molecule has 138 valence electrons. The van der Waals surface area contributed by atoms with Crippen LogP contribution >= 0.6 is 33.9 Å².